The number of hydrogen-bond donors (Lipinski definition) is 1. The summed E-state index contributed by atoms with van der Waals surface area (Å²) >= 11 is 0. The van der Waals surface area contributed by atoms with Crippen molar-refractivity contribution in [1.29, 1.82) is 0 Å². The summed E-state index contributed by atoms with van der Waals surface area (Å²) in [6.07, 6.45) is 4.35. The van der Waals surface area contributed by atoms with E-state index in [-0.39, 0.29) is 11.8 Å². The van der Waals surface area contributed by atoms with Gasteiger partial charge in [-0.3, -0.25) is 9.78 Å². The zero-order valence-electron chi connectivity index (χ0n) is 11.6. The van der Waals surface area contributed by atoms with Crippen LogP contribution in [0.5, 0.6) is 0 Å². The summed E-state index contributed by atoms with van der Waals surface area (Å²) in [5.74, 6) is -0.576. The molecule has 1 N–H and O–H groups in total. The summed E-state index contributed by atoms with van der Waals surface area (Å²) in [5, 5.41) is 2.70. The maximum atomic E-state index is 11.8. The number of nitrogens with one attached hydrogen (secondary N) is 1. The molecule has 1 atom stereocenters. The van der Waals surface area contributed by atoms with Gasteiger partial charge in [-0.1, -0.05) is 19.9 Å². The summed E-state index contributed by atoms with van der Waals surface area (Å²) in [7, 11) is 1.32. The fraction of sp³-hybridized carbons (Fsp3) is 0.500. The number of carbonyl (C=O) groups excluding carboxylic acids is 2. The molecule has 1 amide bonds. The maximum absolute atomic E-state index is 11.8. The van der Waals surface area contributed by atoms with Gasteiger partial charge >= 0.3 is 5.97 Å². The van der Waals surface area contributed by atoms with Gasteiger partial charge in [-0.25, -0.2) is 4.79 Å². The van der Waals surface area contributed by atoms with E-state index in [1.165, 1.54) is 7.11 Å². The molecule has 104 valence electrons. The summed E-state index contributed by atoms with van der Waals surface area (Å²) in [5.41, 5.74) is 0.997. The molecule has 0 fully saturated rings. The minimum Gasteiger partial charge on any atom is -0.467 e. The van der Waals surface area contributed by atoms with E-state index in [2.05, 4.69) is 15.0 Å². The van der Waals surface area contributed by atoms with Crippen LogP contribution in [0.15, 0.2) is 24.5 Å². The molecule has 0 aromatic carbocycles. The van der Waals surface area contributed by atoms with Crippen LogP contribution in [0, 0.1) is 5.92 Å². The molecule has 0 aliphatic heterocycles. The average Bonchev–Trinajstić information content (AvgIpc) is 2.42. The highest BCUT2D eigenvalue weighted by atomic mass is 16.5. The quantitative estimate of drug-likeness (QED) is 0.787. The minimum atomic E-state index is -0.591. The molecule has 1 aromatic heterocycles. The summed E-state index contributed by atoms with van der Waals surface area (Å²) in [6, 6.07) is 3.16. The Balaban J connectivity index is 2.47. The first-order valence-electron chi connectivity index (χ1n) is 6.30. The number of aryl methyl sites for hydroxylation is 1. The van der Waals surface area contributed by atoms with Crippen LogP contribution in [0.3, 0.4) is 0 Å². The number of aromatic nitrogens is 1. The smallest absolute Gasteiger partial charge is 0.328 e. The lowest BCUT2D eigenvalue weighted by molar-refractivity contribution is -0.146. The summed E-state index contributed by atoms with van der Waals surface area (Å²) < 4.78 is 4.67. The molecular formula is C14H20N2O3. The molecule has 0 aliphatic rings. The Morgan fingerprint density at radius 2 is 2.16 bits per heavy atom. The van der Waals surface area contributed by atoms with Crippen molar-refractivity contribution in [2.45, 2.75) is 32.7 Å². The van der Waals surface area contributed by atoms with Crippen molar-refractivity contribution in [2.24, 2.45) is 5.92 Å². The highest BCUT2D eigenvalue weighted by Crippen LogP contribution is 2.05. The van der Waals surface area contributed by atoms with Crippen molar-refractivity contribution in [1.82, 2.24) is 10.3 Å². The third kappa shape index (κ3) is 5.07. The predicted octanol–water partition coefficient (Wildman–Crippen LogP) is 1.33. The first kappa shape index (κ1) is 15.1. The van der Waals surface area contributed by atoms with Gasteiger partial charge in [-0.15, -0.1) is 0 Å². The fourth-order valence-electron chi connectivity index (χ4n) is 1.67. The van der Waals surface area contributed by atoms with E-state index in [9.17, 15) is 9.59 Å². The van der Waals surface area contributed by atoms with Gasteiger partial charge in [0.1, 0.15) is 6.04 Å². The number of ether oxygens (including phenoxy) is 1. The molecular weight excluding hydrogens is 244 g/mol. The van der Waals surface area contributed by atoms with Crippen LogP contribution in [-0.2, 0) is 20.7 Å². The van der Waals surface area contributed by atoms with E-state index in [4.69, 9.17) is 0 Å². The predicted molar refractivity (Wildman–Crippen MR) is 71.3 cm³/mol. The number of hydrogen-bond acceptors (Lipinski definition) is 4. The Bertz CT molecular complexity index is 418. The molecule has 1 aromatic rings. The van der Waals surface area contributed by atoms with E-state index >= 15 is 0 Å². The second kappa shape index (κ2) is 7.51. The van der Waals surface area contributed by atoms with Gasteiger partial charge in [0, 0.05) is 18.8 Å². The van der Waals surface area contributed by atoms with Gasteiger partial charge in [0.05, 0.1) is 7.11 Å². The van der Waals surface area contributed by atoms with E-state index in [1.807, 2.05) is 26.0 Å². The second-order valence-electron chi connectivity index (χ2n) is 4.67. The van der Waals surface area contributed by atoms with E-state index < -0.39 is 12.0 Å². The number of pyridine rings is 1. The number of carbonyl (C=O) groups is 2. The van der Waals surface area contributed by atoms with Crippen LogP contribution >= 0.6 is 0 Å². The highest BCUT2D eigenvalue weighted by Gasteiger charge is 2.24. The van der Waals surface area contributed by atoms with Gasteiger partial charge in [0.2, 0.25) is 5.91 Å². The SMILES string of the molecule is COC(=O)C(NC(=O)CCc1cccnc1)C(C)C. The van der Waals surface area contributed by atoms with Crippen LogP contribution in [-0.4, -0.2) is 30.0 Å². The Hall–Kier alpha value is -1.91. The Labute approximate surface area is 113 Å². The van der Waals surface area contributed by atoms with E-state index in [1.54, 1.807) is 12.4 Å². The standard InChI is InChI=1S/C14H20N2O3/c1-10(2)13(14(18)19-3)16-12(17)7-6-11-5-4-8-15-9-11/h4-5,8-10,13H,6-7H2,1-3H3,(H,16,17). The van der Waals surface area contributed by atoms with Crippen molar-refractivity contribution in [3.8, 4) is 0 Å². The average molecular weight is 264 g/mol. The molecule has 5 heteroatoms. The fourth-order valence-corrected chi connectivity index (χ4v) is 1.67. The Kier molecular flexibility index (Phi) is 5.99. The first-order valence-corrected chi connectivity index (χ1v) is 6.30. The molecule has 5 nitrogen and oxygen atoms in total. The van der Waals surface area contributed by atoms with Crippen LogP contribution in [0.25, 0.3) is 0 Å². The molecule has 0 saturated carbocycles. The lowest BCUT2D eigenvalue weighted by Gasteiger charge is -2.19. The maximum Gasteiger partial charge on any atom is 0.328 e. The summed E-state index contributed by atoms with van der Waals surface area (Å²) in [6.45, 7) is 3.73. The Morgan fingerprint density at radius 3 is 2.68 bits per heavy atom. The van der Waals surface area contributed by atoms with Gasteiger partial charge in [0.25, 0.3) is 0 Å². The lowest BCUT2D eigenvalue weighted by Crippen LogP contribution is -2.45. The van der Waals surface area contributed by atoms with Crippen LogP contribution in [0.1, 0.15) is 25.8 Å². The molecule has 1 unspecified atom stereocenters. The molecule has 0 aliphatic carbocycles. The van der Waals surface area contributed by atoms with Crippen LogP contribution in [0.2, 0.25) is 0 Å². The minimum absolute atomic E-state index is 0.00482. The zero-order chi connectivity index (χ0) is 14.3. The molecule has 0 saturated heterocycles. The first-order chi connectivity index (χ1) is 9.04. The number of amides is 1. The van der Waals surface area contributed by atoms with Crippen molar-refractivity contribution >= 4 is 11.9 Å². The Morgan fingerprint density at radius 1 is 1.42 bits per heavy atom. The third-order valence-electron chi connectivity index (χ3n) is 2.80. The monoisotopic (exact) mass is 264 g/mol. The summed E-state index contributed by atoms with van der Waals surface area (Å²) in [4.78, 5) is 27.3. The van der Waals surface area contributed by atoms with Gasteiger partial charge in [0.15, 0.2) is 0 Å². The highest BCUT2D eigenvalue weighted by molar-refractivity contribution is 5.84. The second-order valence-corrected chi connectivity index (χ2v) is 4.67. The molecule has 1 rings (SSSR count). The van der Waals surface area contributed by atoms with Crippen molar-refractivity contribution in [3.05, 3.63) is 30.1 Å². The van der Waals surface area contributed by atoms with Crippen molar-refractivity contribution < 1.29 is 14.3 Å². The number of methoxy groups -OCH3 is 1. The van der Waals surface area contributed by atoms with Gasteiger partial charge in [-0.05, 0) is 24.0 Å². The number of nitrogens with zero attached hydrogens (tertiary/aromatic N) is 1. The topological polar surface area (TPSA) is 68.3 Å². The van der Waals surface area contributed by atoms with Gasteiger partial charge < -0.3 is 10.1 Å². The largest absolute Gasteiger partial charge is 0.467 e. The third-order valence-corrected chi connectivity index (χ3v) is 2.80. The van der Waals surface area contributed by atoms with E-state index in [0.717, 1.165) is 5.56 Å². The lowest BCUT2D eigenvalue weighted by atomic mass is 10.0. The van der Waals surface area contributed by atoms with E-state index in [0.29, 0.717) is 12.8 Å². The molecule has 19 heavy (non-hydrogen) atoms. The van der Waals surface area contributed by atoms with Crippen LogP contribution in [0.4, 0.5) is 0 Å². The van der Waals surface area contributed by atoms with Crippen molar-refractivity contribution in [2.75, 3.05) is 7.11 Å². The molecule has 0 bridgehead atoms. The molecule has 1 heterocycles. The van der Waals surface area contributed by atoms with Gasteiger partial charge in [-0.2, -0.15) is 0 Å². The normalized spacial score (nSPS) is 12.0. The van der Waals surface area contributed by atoms with Crippen molar-refractivity contribution in [3.63, 3.8) is 0 Å². The number of rotatable bonds is 6. The molecule has 0 radical (unpaired) electrons. The zero-order valence-corrected chi connectivity index (χ0v) is 11.6. The molecule has 0 spiro atoms. The number of esters is 1. The van der Waals surface area contributed by atoms with Crippen LogP contribution < -0.4 is 5.32 Å².